The fourth-order valence-corrected chi connectivity index (χ4v) is 2.20. The highest BCUT2D eigenvalue weighted by molar-refractivity contribution is 8.13. The number of nitrogens with zero attached hydrogens (tertiary/aromatic N) is 1. The van der Waals surface area contributed by atoms with Crippen molar-refractivity contribution in [2.45, 2.75) is 4.90 Å². The Kier molecular flexibility index (Phi) is 5.10. The summed E-state index contributed by atoms with van der Waals surface area (Å²) in [5.74, 6) is -1.91. The Labute approximate surface area is 117 Å². The molecular weight excluding hydrogens is 324 g/mol. The van der Waals surface area contributed by atoms with E-state index in [1.54, 1.807) is 0 Å². The maximum Gasteiger partial charge on any atom is 0.273 e. The van der Waals surface area contributed by atoms with Crippen LogP contribution in [0.5, 0.6) is 5.75 Å². The van der Waals surface area contributed by atoms with E-state index in [0.29, 0.717) is 12.1 Å². The molecule has 0 bridgehead atoms. The van der Waals surface area contributed by atoms with Gasteiger partial charge in [0.1, 0.15) is 11.5 Å². The molecule has 0 aromatic heterocycles. The van der Waals surface area contributed by atoms with Crippen LogP contribution in [-0.4, -0.2) is 19.9 Å². The minimum Gasteiger partial charge on any atom is -0.485 e. The van der Waals surface area contributed by atoms with Crippen molar-refractivity contribution >= 4 is 37.0 Å². The van der Waals surface area contributed by atoms with Gasteiger partial charge in [-0.05, 0) is 6.08 Å². The zero-order valence-corrected chi connectivity index (χ0v) is 11.4. The Balaban J connectivity index is 3.40. The average molecular weight is 330 g/mol. The molecule has 0 radical (unpaired) electrons. The maximum atomic E-state index is 13.6. The smallest absolute Gasteiger partial charge is 0.273 e. The van der Waals surface area contributed by atoms with E-state index in [-0.39, 0.29) is 6.61 Å². The van der Waals surface area contributed by atoms with Gasteiger partial charge in [-0.1, -0.05) is 11.6 Å². The molecule has 0 unspecified atom stereocenters. The monoisotopic (exact) mass is 329 g/mol. The fourth-order valence-electron chi connectivity index (χ4n) is 1.15. The van der Waals surface area contributed by atoms with Crippen LogP contribution in [0.2, 0.25) is 0 Å². The van der Waals surface area contributed by atoms with E-state index >= 15 is 0 Å². The number of hydrogen-bond acceptors (Lipinski definition) is 5. The predicted octanol–water partition coefficient (Wildman–Crippen LogP) is 2.79. The van der Waals surface area contributed by atoms with E-state index in [1.165, 1.54) is 6.08 Å². The largest absolute Gasteiger partial charge is 0.485 e. The first kappa shape index (κ1) is 15.7. The summed E-state index contributed by atoms with van der Waals surface area (Å²) < 4.78 is 41.0. The molecule has 0 aliphatic rings. The minimum absolute atomic E-state index is 0.225. The normalized spacial score (nSPS) is 11.7. The van der Waals surface area contributed by atoms with E-state index in [1.807, 2.05) is 0 Å². The third-order valence-corrected chi connectivity index (χ3v) is 3.39. The molecule has 1 aromatic carbocycles. The average Bonchev–Trinajstić information content (AvgIpc) is 2.29. The van der Waals surface area contributed by atoms with E-state index < -0.39 is 36.1 Å². The van der Waals surface area contributed by atoms with Gasteiger partial charge in [-0.15, -0.1) is 0 Å². The zero-order chi connectivity index (χ0) is 14.6. The Bertz CT molecular complexity index is 632. The van der Waals surface area contributed by atoms with E-state index in [4.69, 9.17) is 27.0 Å². The van der Waals surface area contributed by atoms with Crippen LogP contribution >= 0.6 is 22.3 Å². The number of non-ortho nitro benzene ring substituents is 1. The number of ether oxygens (including phenoxy) is 1. The number of halogens is 3. The molecule has 0 N–H and O–H groups in total. The third-order valence-electron chi connectivity index (χ3n) is 1.88. The van der Waals surface area contributed by atoms with Gasteiger partial charge in [0.05, 0.1) is 11.0 Å². The molecule has 0 atom stereocenters. The lowest BCUT2D eigenvalue weighted by Gasteiger charge is -2.08. The summed E-state index contributed by atoms with van der Waals surface area (Å²) in [6.45, 7) is -0.225. The molecule has 104 valence electrons. The summed E-state index contributed by atoms with van der Waals surface area (Å²) in [6.07, 6.45) is 1.27. The number of benzene rings is 1. The highest BCUT2D eigenvalue weighted by atomic mass is 35.7. The molecule has 0 fully saturated rings. The second kappa shape index (κ2) is 6.18. The molecule has 0 saturated heterocycles. The minimum atomic E-state index is -4.40. The van der Waals surface area contributed by atoms with Crippen LogP contribution in [-0.2, 0) is 9.05 Å². The SMILES string of the molecule is O=[N+]([O-])c1cc(F)c(OC/C=C/Cl)c(S(=O)(=O)Cl)c1. The first-order valence-corrected chi connectivity index (χ1v) is 7.32. The molecule has 6 nitrogen and oxygen atoms in total. The van der Waals surface area contributed by atoms with Gasteiger partial charge < -0.3 is 4.74 Å². The first-order valence-electron chi connectivity index (χ1n) is 4.58. The topological polar surface area (TPSA) is 86.5 Å². The Morgan fingerprint density at radius 2 is 2.11 bits per heavy atom. The molecule has 0 spiro atoms. The van der Waals surface area contributed by atoms with Gasteiger partial charge in [-0.2, -0.15) is 0 Å². The van der Waals surface area contributed by atoms with Gasteiger partial charge in [0.2, 0.25) is 0 Å². The van der Waals surface area contributed by atoms with Crippen LogP contribution in [0.15, 0.2) is 28.6 Å². The summed E-state index contributed by atoms with van der Waals surface area (Å²) in [4.78, 5) is 8.77. The van der Waals surface area contributed by atoms with Crippen LogP contribution in [0.4, 0.5) is 10.1 Å². The fraction of sp³-hybridized carbons (Fsp3) is 0.111. The highest BCUT2D eigenvalue weighted by Crippen LogP contribution is 2.33. The Morgan fingerprint density at radius 1 is 1.47 bits per heavy atom. The van der Waals surface area contributed by atoms with Gasteiger partial charge in [0.25, 0.3) is 14.7 Å². The lowest BCUT2D eigenvalue weighted by Crippen LogP contribution is -2.04. The molecule has 0 aliphatic carbocycles. The van der Waals surface area contributed by atoms with Crippen molar-refractivity contribution in [3.8, 4) is 5.75 Å². The van der Waals surface area contributed by atoms with Crippen LogP contribution in [0.25, 0.3) is 0 Å². The summed E-state index contributed by atoms with van der Waals surface area (Å²) >= 11 is 5.22. The van der Waals surface area contributed by atoms with Crippen molar-refractivity contribution in [2.24, 2.45) is 0 Å². The molecular formula is C9H6Cl2FNO5S. The van der Waals surface area contributed by atoms with Gasteiger partial charge >= 0.3 is 0 Å². The third kappa shape index (κ3) is 4.05. The van der Waals surface area contributed by atoms with Crippen LogP contribution in [0.1, 0.15) is 0 Å². The summed E-state index contributed by atoms with van der Waals surface area (Å²) in [5, 5.41) is 10.5. The van der Waals surface area contributed by atoms with Crippen molar-refractivity contribution in [1.82, 2.24) is 0 Å². The van der Waals surface area contributed by atoms with Crippen molar-refractivity contribution in [1.29, 1.82) is 0 Å². The molecule has 10 heteroatoms. The first-order chi connectivity index (χ1) is 8.77. The van der Waals surface area contributed by atoms with Gasteiger partial charge in [0.15, 0.2) is 11.6 Å². The second-order valence-electron chi connectivity index (χ2n) is 3.12. The highest BCUT2D eigenvalue weighted by Gasteiger charge is 2.25. The summed E-state index contributed by atoms with van der Waals surface area (Å²) in [6, 6.07) is 1.15. The maximum absolute atomic E-state index is 13.6. The molecule has 0 aliphatic heterocycles. The zero-order valence-electron chi connectivity index (χ0n) is 9.05. The molecule has 0 heterocycles. The van der Waals surface area contributed by atoms with Crippen molar-refractivity contribution in [3.63, 3.8) is 0 Å². The van der Waals surface area contributed by atoms with E-state index in [9.17, 15) is 22.9 Å². The Hall–Kier alpha value is -1.38. The van der Waals surface area contributed by atoms with Crippen molar-refractivity contribution < 1.29 is 22.5 Å². The number of rotatable bonds is 5. The van der Waals surface area contributed by atoms with E-state index in [0.717, 1.165) is 5.54 Å². The summed E-state index contributed by atoms with van der Waals surface area (Å²) in [5.41, 5.74) is 0.329. The van der Waals surface area contributed by atoms with Crippen LogP contribution in [0, 0.1) is 15.9 Å². The molecule has 1 aromatic rings. The molecule has 19 heavy (non-hydrogen) atoms. The molecule has 0 amide bonds. The summed E-state index contributed by atoms with van der Waals surface area (Å²) in [7, 11) is 0.681. The van der Waals surface area contributed by atoms with Crippen molar-refractivity contribution in [3.05, 3.63) is 39.7 Å². The van der Waals surface area contributed by atoms with Crippen LogP contribution < -0.4 is 4.74 Å². The Morgan fingerprint density at radius 3 is 2.58 bits per heavy atom. The lowest BCUT2D eigenvalue weighted by molar-refractivity contribution is -0.385. The predicted molar refractivity (Wildman–Crippen MR) is 66.6 cm³/mol. The lowest BCUT2D eigenvalue weighted by atomic mass is 10.3. The second-order valence-corrected chi connectivity index (χ2v) is 5.91. The number of nitro groups is 1. The molecule has 1 rings (SSSR count). The quantitative estimate of drug-likeness (QED) is 0.471. The van der Waals surface area contributed by atoms with E-state index in [2.05, 4.69) is 0 Å². The van der Waals surface area contributed by atoms with Crippen molar-refractivity contribution in [2.75, 3.05) is 6.61 Å². The number of hydrogen-bond donors (Lipinski definition) is 0. The van der Waals surface area contributed by atoms with Gasteiger partial charge in [-0.25, -0.2) is 12.8 Å². The number of nitro benzene ring substituents is 1. The van der Waals surface area contributed by atoms with Gasteiger partial charge in [0, 0.05) is 22.3 Å². The molecule has 0 saturated carbocycles. The van der Waals surface area contributed by atoms with Gasteiger partial charge in [-0.3, -0.25) is 10.1 Å². The van der Waals surface area contributed by atoms with Crippen LogP contribution in [0.3, 0.4) is 0 Å². The standard InChI is InChI=1S/C9H6Cl2FNO5S/c10-2-1-3-18-9-7(12)4-6(13(14)15)5-8(9)19(11,16)17/h1-2,4-5H,3H2/b2-1+.